The zero-order valence-electron chi connectivity index (χ0n) is 21.3. The third kappa shape index (κ3) is 6.43. The fraction of sp³-hybridized carbons (Fsp3) is 0.393. The second-order valence-electron chi connectivity index (χ2n) is 9.72. The standard InChI is InChI=1S/C26H29F2N3O.C2H2O4/c1-26(27,28)20-9-7-19(8-10-20)23-17-31-16-11-18-5-3-4-6-22(18)24(25(31)29-23)32-21-12-14-30(2)15-13-21;3-1(4)2(5)6/h3-10,17,21,24H,11-16H2,1-2H3;(H,3,4)(H,5,6). The van der Waals surface area contributed by atoms with Gasteiger partial charge >= 0.3 is 11.9 Å². The van der Waals surface area contributed by atoms with E-state index in [0.717, 1.165) is 62.9 Å². The van der Waals surface area contributed by atoms with E-state index in [1.807, 2.05) is 6.20 Å². The normalized spacial score (nSPS) is 17.9. The van der Waals surface area contributed by atoms with E-state index in [2.05, 4.69) is 40.8 Å². The fourth-order valence-electron chi connectivity index (χ4n) is 4.74. The molecule has 202 valence electrons. The number of hydrogen-bond donors (Lipinski definition) is 2. The van der Waals surface area contributed by atoms with Crippen LogP contribution in [0.15, 0.2) is 54.7 Å². The lowest BCUT2D eigenvalue weighted by molar-refractivity contribution is -0.159. The summed E-state index contributed by atoms with van der Waals surface area (Å²) in [6, 6.07) is 14.9. The van der Waals surface area contributed by atoms with Crippen molar-refractivity contribution in [1.29, 1.82) is 0 Å². The number of aromatic nitrogens is 2. The maximum absolute atomic E-state index is 13.6. The Morgan fingerprint density at radius 3 is 2.24 bits per heavy atom. The highest BCUT2D eigenvalue weighted by atomic mass is 19.3. The second-order valence-corrected chi connectivity index (χ2v) is 9.72. The van der Waals surface area contributed by atoms with Gasteiger partial charge in [-0.3, -0.25) is 0 Å². The van der Waals surface area contributed by atoms with Gasteiger partial charge in [-0.2, -0.15) is 0 Å². The van der Waals surface area contributed by atoms with Gasteiger partial charge in [-0.15, -0.1) is 0 Å². The van der Waals surface area contributed by atoms with Crippen molar-refractivity contribution < 1.29 is 33.3 Å². The first-order valence-electron chi connectivity index (χ1n) is 12.5. The molecular weight excluding hydrogens is 496 g/mol. The van der Waals surface area contributed by atoms with E-state index in [1.54, 1.807) is 12.1 Å². The number of rotatable bonds is 4. The van der Waals surface area contributed by atoms with Crippen molar-refractivity contribution in [2.45, 2.75) is 50.9 Å². The first kappa shape index (κ1) is 27.4. The maximum Gasteiger partial charge on any atom is 0.414 e. The molecule has 0 aliphatic carbocycles. The van der Waals surface area contributed by atoms with Crippen LogP contribution in [-0.4, -0.2) is 62.8 Å². The lowest BCUT2D eigenvalue weighted by Crippen LogP contribution is -2.35. The Kier molecular flexibility index (Phi) is 8.23. The van der Waals surface area contributed by atoms with Gasteiger partial charge in [0.1, 0.15) is 11.9 Å². The molecule has 3 aromatic rings. The Morgan fingerprint density at radius 2 is 1.63 bits per heavy atom. The van der Waals surface area contributed by atoms with E-state index < -0.39 is 17.9 Å². The summed E-state index contributed by atoms with van der Waals surface area (Å²) in [6.45, 7) is 3.81. The Hall–Kier alpha value is -3.63. The Balaban J connectivity index is 0.000000505. The summed E-state index contributed by atoms with van der Waals surface area (Å²) in [5.41, 5.74) is 4.13. The molecule has 0 saturated carbocycles. The number of carboxylic acid groups (broad SMARTS) is 2. The van der Waals surface area contributed by atoms with Crippen LogP contribution in [0.25, 0.3) is 11.3 Å². The summed E-state index contributed by atoms with van der Waals surface area (Å²) in [5.74, 6) is -5.60. The summed E-state index contributed by atoms with van der Waals surface area (Å²) >= 11 is 0. The number of piperidine rings is 1. The van der Waals surface area contributed by atoms with Crippen molar-refractivity contribution in [3.05, 3.63) is 77.2 Å². The predicted octanol–water partition coefficient (Wildman–Crippen LogP) is 4.57. The van der Waals surface area contributed by atoms with E-state index in [1.165, 1.54) is 23.3 Å². The Morgan fingerprint density at radius 1 is 1.00 bits per heavy atom. The topological polar surface area (TPSA) is 105 Å². The molecule has 38 heavy (non-hydrogen) atoms. The lowest BCUT2D eigenvalue weighted by atomic mass is 10.00. The van der Waals surface area contributed by atoms with Gasteiger partial charge < -0.3 is 24.4 Å². The number of nitrogens with zero attached hydrogens (tertiary/aromatic N) is 3. The van der Waals surface area contributed by atoms with Gasteiger partial charge in [0.2, 0.25) is 0 Å². The fourth-order valence-corrected chi connectivity index (χ4v) is 4.74. The molecule has 3 heterocycles. The van der Waals surface area contributed by atoms with Crippen LogP contribution in [-0.2, 0) is 33.2 Å². The minimum Gasteiger partial charge on any atom is -0.473 e. The molecule has 1 unspecified atom stereocenters. The monoisotopic (exact) mass is 527 g/mol. The zero-order valence-corrected chi connectivity index (χ0v) is 21.3. The van der Waals surface area contributed by atoms with E-state index >= 15 is 0 Å². The second kappa shape index (κ2) is 11.4. The molecule has 0 bridgehead atoms. The highest BCUT2D eigenvalue weighted by Gasteiger charge is 2.31. The van der Waals surface area contributed by atoms with Gasteiger partial charge in [0.15, 0.2) is 0 Å². The Labute approximate surface area is 219 Å². The van der Waals surface area contributed by atoms with Crippen LogP contribution in [0.2, 0.25) is 0 Å². The van der Waals surface area contributed by atoms with Crippen LogP contribution in [0, 0.1) is 0 Å². The van der Waals surface area contributed by atoms with Gasteiger partial charge in [0.25, 0.3) is 5.92 Å². The van der Waals surface area contributed by atoms with Crippen molar-refractivity contribution in [2.24, 2.45) is 0 Å². The van der Waals surface area contributed by atoms with Gasteiger partial charge in [-0.25, -0.2) is 23.4 Å². The SMILES string of the molecule is CN1CCC(OC2c3ccccc3CCn3cc(-c4ccc(C(C)(F)F)cc4)nc32)CC1.O=C(O)C(=O)O. The highest BCUT2D eigenvalue weighted by Crippen LogP contribution is 2.36. The molecule has 5 rings (SSSR count). The van der Waals surface area contributed by atoms with Crippen molar-refractivity contribution in [3.8, 4) is 11.3 Å². The highest BCUT2D eigenvalue weighted by molar-refractivity contribution is 6.27. The first-order valence-corrected chi connectivity index (χ1v) is 12.5. The van der Waals surface area contributed by atoms with Gasteiger partial charge in [0.05, 0.1) is 11.8 Å². The predicted molar refractivity (Wildman–Crippen MR) is 136 cm³/mol. The maximum atomic E-state index is 13.6. The van der Waals surface area contributed by atoms with Gasteiger partial charge in [0, 0.05) is 43.9 Å². The number of likely N-dealkylation sites (tertiary alicyclic amines) is 1. The molecular formula is C28H31F2N3O5. The first-order chi connectivity index (χ1) is 18.0. The zero-order chi connectivity index (χ0) is 27.4. The average molecular weight is 528 g/mol. The smallest absolute Gasteiger partial charge is 0.414 e. The number of halogens is 2. The number of carboxylic acids is 2. The van der Waals surface area contributed by atoms with Crippen LogP contribution in [0.5, 0.6) is 0 Å². The average Bonchev–Trinajstić information content (AvgIpc) is 3.25. The van der Waals surface area contributed by atoms with Crippen LogP contribution in [0.1, 0.15) is 48.4 Å². The number of benzene rings is 2. The number of carbonyl (C=O) groups is 2. The Bertz CT molecular complexity index is 1270. The number of imidazole rings is 1. The van der Waals surface area contributed by atoms with Gasteiger partial charge in [-0.05, 0) is 37.4 Å². The molecule has 10 heteroatoms. The number of aliphatic carboxylic acids is 2. The van der Waals surface area contributed by atoms with Crippen molar-refractivity contribution >= 4 is 11.9 Å². The number of ether oxygens (including phenoxy) is 1. The van der Waals surface area contributed by atoms with Crippen LogP contribution in [0.3, 0.4) is 0 Å². The quantitative estimate of drug-likeness (QED) is 0.479. The third-order valence-electron chi connectivity index (χ3n) is 6.87. The van der Waals surface area contributed by atoms with Crippen LogP contribution >= 0.6 is 0 Å². The molecule has 2 aliphatic rings. The number of alkyl halides is 2. The minimum atomic E-state index is -2.85. The van der Waals surface area contributed by atoms with E-state index in [4.69, 9.17) is 29.5 Å². The van der Waals surface area contributed by atoms with E-state index in [9.17, 15) is 8.78 Å². The van der Waals surface area contributed by atoms with Crippen LogP contribution in [0.4, 0.5) is 8.78 Å². The molecule has 0 spiro atoms. The molecule has 1 saturated heterocycles. The minimum absolute atomic E-state index is 0.0134. The summed E-state index contributed by atoms with van der Waals surface area (Å²) in [7, 11) is 2.15. The number of aryl methyl sites for hydroxylation is 2. The summed E-state index contributed by atoms with van der Waals surface area (Å²) in [6.07, 6.45) is 4.93. The summed E-state index contributed by atoms with van der Waals surface area (Å²) in [5, 5.41) is 14.8. The van der Waals surface area contributed by atoms with E-state index in [0.29, 0.717) is 0 Å². The molecule has 1 fully saturated rings. The van der Waals surface area contributed by atoms with Crippen molar-refractivity contribution in [1.82, 2.24) is 14.5 Å². The van der Waals surface area contributed by atoms with Crippen molar-refractivity contribution in [3.63, 3.8) is 0 Å². The molecule has 2 N–H and O–H groups in total. The molecule has 8 nitrogen and oxygen atoms in total. The molecule has 1 aromatic heterocycles. The van der Waals surface area contributed by atoms with Gasteiger partial charge in [-0.1, -0.05) is 48.5 Å². The number of hydrogen-bond acceptors (Lipinski definition) is 5. The third-order valence-corrected chi connectivity index (χ3v) is 6.87. The lowest BCUT2D eigenvalue weighted by Gasteiger charge is -2.32. The molecule has 0 radical (unpaired) electrons. The summed E-state index contributed by atoms with van der Waals surface area (Å²) in [4.78, 5) is 25.5. The molecule has 2 aliphatic heterocycles. The molecule has 2 aromatic carbocycles. The molecule has 1 atom stereocenters. The van der Waals surface area contributed by atoms with Crippen LogP contribution < -0.4 is 0 Å². The largest absolute Gasteiger partial charge is 0.473 e. The summed E-state index contributed by atoms with van der Waals surface area (Å²) < 4.78 is 36.1. The number of fused-ring (bicyclic) bond motifs is 2. The molecule has 0 amide bonds. The van der Waals surface area contributed by atoms with E-state index in [-0.39, 0.29) is 17.8 Å². The van der Waals surface area contributed by atoms with Crippen molar-refractivity contribution in [2.75, 3.05) is 20.1 Å².